The summed E-state index contributed by atoms with van der Waals surface area (Å²) in [5, 5.41) is 8.23. The van der Waals surface area contributed by atoms with Crippen molar-refractivity contribution in [2.24, 2.45) is 0 Å². The minimum atomic E-state index is 0.528. The summed E-state index contributed by atoms with van der Waals surface area (Å²) in [5.41, 5.74) is 2.56. The summed E-state index contributed by atoms with van der Waals surface area (Å²) in [4.78, 5) is 0. The molecule has 1 aliphatic carbocycles. The van der Waals surface area contributed by atoms with Gasteiger partial charge in [0.15, 0.2) is 0 Å². The Labute approximate surface area is 86.9 Å². The molecule has 70 valence electrons. The highest BCUT2D eigenvalue weighted by molar-refractivity contribution is 9.10. The molecule has 0 aliphatic heterocycles. The second-order valence-corrected chi connectivity index (χ2v) is 4.77. The van der Waals surface area contributed by atoms with Crippen LogP contribution in [0.25, 0.3) is 0 Å². The quantitative estimate of drug-likeness (QED) is 0.794. The maximum atomic E-state index is 4.24. The fourth-order valence-electron chi connectivity index (χ4n) is 1.62. The monoisotopic (exact) mass is 240 g/mol. The Morgan fingerprint density at radius 1 is 1.46 bits per heavy atom. The summed E-state index contributed by atoms with van der Waals surface area (Å²) in [6.45, 7) is 4.40. The zero-order valence-corrected chi connectivity index (χ0v) is 9.50. The van der Waals surface area contributed by atoms with Crippen LogP contribution in [0, 0.1) is 0 Å². The van der Waals surface area contributed by atoms with Crippen LogP contribution in [0.4, 0.5) is 0 Å². The molecule has 0 radical (unpaired) electrons. The number of rotatable bonds is 2. The van der Waals surface area contributed by atoms with Crippen LogP contribution in [-0.2, 0) is 0 Å². The van der Waals surface area contributed by atoms with Gasteiger partial charge in [-0.05, 0) is 40.3 Å². The maximum Gasteiger partial charge on any atom is 0.0707 e. The van der Waals surface area contributed by atoms with Gasteiger partial charge in [0.25, 0.3) is 0 Å². The van der Waals surface area contributed by atoms with E-state index >= 15 is 0 Å². The van der Waals surface area contributed by atoms with Crippen molar-refractivity contribution in [3.05, 3.63) is 21.9 Å². The van der Waals surface area contributed by atoms with Gasteiger partial charge in [0, 0.05) is 10.4 Å². The molecule has 1 aliphatic rings. The number of halogens is 1. The Morgan fingerprint density at radius 3 is 2.69 bits per heavy atom. The van der Waals surface area contributed by atoms with Crippen LogP contribution in [-0.4, -0.2) is 10.2 Å². The van der Waals surface area contributed by atoms with Gasteiger partial charge in [-0.15, -0.1) is 0 Å². The van der Waals surface area contributed by atoms with Crippen molar-refractivity contribution >= 4 is 15.9 Å². The Kier molecular flexibility index (Phi) is 2.37. The van der Waals surface area contributed by atoms with Gasteiger partial charge in [0.1, 0.15) is 0 Å². The topological polar surface area (TPSA) is 25.8 Å². The zero-order chi connectivity index (χ0) is 9.42. The van der Waals surface area contributed by atoms with Gasteiger partial charge in [-0.3, -0.25) is 0 Å². The standard InChI is InChI=1S/C10H13BrN2/c1-6(2)9-8(11)5-12-13-10(9)7-3-4-7/h5-7H,3-4H2,1-2H3. The Morgan fingerprint density at radius 2 is 2.15 bits per heavy atom. The van der Waals surface area contributed by atoms with Crippen molar-refractivity contribution in [3.8, 4) is 0 Å². The third kappa shape index (κ3) is 1.75. The predicted octanol–water partition coefficient (Wildman–Crippen LogP) is 3.24. The van der Waals surface area contributed by atoms with Gasteiger partial charge in [0.2, 0.25) is 0 Å². The third-order valence-corrected chi connectivity index (χ3v) is 3.04. The van der Waals surface area contributed by atoms with Crippen LogP contribution in [0.15, 0.2) is 10.7 Å². The SMILES string of the molecule is CC(C)c1c(Br)cnnc1C1CC1. The molecule has 2 nitrogen and oxygen atoms in total. The minimum Gasteiger partial charge on any atom is -0.158 e. The van der Waals surface area contributed by atoms with Gasteiger partial charge in [0.05, 0.1) is 11.9 Å². The van der Waals surface area contributed by atoms with Crippen LogP contribution < -0.4 is 0 Å². The van der Waals surface area contributed by atoms with Gasteiger partial charge >= 0.3 is 0 Å². The largest absolute Gasteiger partial charge is 0.158 e. The van der Waals surface area contributed by atoms with E-state index in [-0.39, 0.29) is 0 Å². The summed E-state index contributed by atoms with van der Waals surface area (Å²) in [5.74, 6) is 1.21. The molecule has 1 heterocycles. The molecular weight excluding hydrogens is 228 g/mol. The van der Waals surface area contributed by atoms with Gasteiger partial charge < -0.3 is 0 Å². The molecular formula is C10H13BrN2. The molecule has 13 heavy (non-hydrogen) atoms. The summed E-state index contributed by atoms with van der Waals surface area (Å²) < 4.78 is 1.11. The van der Waals surface area contributed by atoms with E-state index in [0.29, 0.717) is 11.8 Å². The molecule has 0 spiro atoms. The molecule has 1 fully saturated rings. The molecule has 0 saturated heterocycles. The van der Waals surface area contributed by atoms with E-state index in [2.05, 4.69) is 40.0 Å². The zero-order valence-electron chi connectivity index (χ0n) is 7.92. The van der Waals surface area contributed by atoms with Crippen molar-refractivity contribution in [1.82, 2.24) is 10.2 Å². The molecule has 0 aromatic carbocycles. The van der Waals surface area contributed by atoms with E-state index in [1.165, 1.54) is 24.1 Å². The fraction of sp³-hybridized carbons (Fsp3) is 0.600. The summed E-state index contributed by atoms with van der Waals surface area (Å²) >= 11 is 3.54. The van der Waals surface area contributed by atoms with Crippen molar-refractivity contribution in [3.63, 3.8) is 0 Å². The lowest BCUT2D eigenvalue weighted by atomic mass is 10.0. The smallest absolute Gasteiger partial charge is 0.0707 e. The van der Waals surface area contributed by atoms with Crippen LogP contribution in [0.5, 0.6) is 0 Å². The number of nitrogens with zero attached hydrogens (tertiary/aromatic N) is 2. The van der Waals surface area contributed by atoms with E-state index in [1.54, 1.807) is 6.20 Å². The average molecular weight is 241 g/mol. The second-order valence-electron chi connectivity index (χ2n) is 3.92. The number of hydrogen-bond donors (Lipinski definition) is 0. The Bertz CT molecular complexity index is 319. The van der Waals surface area contributed by atoms with Crippen LogP contribution >= 0.6 is 15.9 Å². The van der Waals surface area contributed by atoms with E-state index in [9.17, 15) is 0 Å². The lowest BCUT2D eigenvalue weighted by Crippen LogP contribution is -2.01. The molecule has 1 aromatic rings. The Hall–Kier alpha value is -0.440. The normalized spacial score (nSPS) is 16.6. The molecule has 0 amide bonds. The summed E-state index contributed by atoms with van der Waals surface area (Å²) in [7, 11) is 0. The number of aromatic nitrogens is 2. The van der Waals surface area contributed by atoms with E-state index in [1.807, 2.05) is 0 Å². The van der Waals surface area contributed by atoms with E-state index in [4.69, 9.17) is 0 Å². The van der Waals surface area contributed by atoms with E-state index < -0.39 is 0 Å². The highest BCUT2D eigenvalue weighted by Gasteiger charge is 2.29. The third-order valence-electron chi connectivity index (χ3n) is 2.41. The van der Waals surface area contributed by atoms with Crippen molar-refractivity contribution < 1.29 is 0 Å². The van der Waals surface area contributed by atoms with E-state index in [0.717, 1.165) is 4.47 Å². The Balaban J connectivity index is 2.47. The molecule has 1 saturated carbocycles. The van der Waals surface area contributed by atoms with Crippen molar-refractivity contribution in [2.75, 3.05) is 0 Å². The van der Waals surface area contributed by atoms with Gasteiger partial charge in [-0.25, -0.2) is 0 Å². The van der Waals surface area contributed by atoms with Gasteiger partial charge in [-0.1, -0.05) is 13.8 Å². The maximum absolute atomic E-state index is 4.24. The number of hydrogen-bond acceptors (Lipinski definition) is 2. The molecule has 3 heteroatoms. The molecule has 0 N–H and O–H groups in total. The first-order valence-corrected chi connectivity index (χ1v) is 5.50. The lowest BCUT2D eigenvalue weighted by molar-refractivity contribution is 0.784. The average Bonchev–Trinajstić information content (AvgIpc) is 2.85. The molecule has 0 atom stereocenters. The fourth-order valence-corrected chi connectivity index (χ4v) is 2.37. The molecule has 1 aromatic heterocycles. The van der Waals surface area contributed by atoms with Gasteiger partial charge in [-0.2, -0.15) is 10.2 Å². The van der Waals surface area contributed by atoms with Crippen LogP contribution in [0.3, 0.4) is 0 Å². The lowest BCUT2D eigenvalue weighted by Gasteiger charge is -2.11. The summed E-state index contributed by atoms with van der Waals surface area (Å²) in [6.07, 6.45) is 4.36. The second kappa shape index (κ2) is 3.37. The van der Waals surface area contributed by atoms with Crippen LogP contribution in [0.1, 0.15) is 49.8 Å². The first kappa shape index (κ1) is 9.13. The molecule has 0 bridgehead atoms. The van der Waals surface area contributed by atoms with Crippen molar-refractivity contribution in [1.29, 1.82) is 0 Å². The minimum absolute atomic E-state index is 0.528. The summed E-state index contributed by atoms with van der Waals surface area (Å²) in [6, 6.07) is 0. The molecule has 0 unspecified atom stereocenters. The first-order chi connectivity index (χ1) is 6.20. The highest BCUT2D eigenvalue weighted by atomic mass is 79.9. The van der Waals surface area contributed by atoms with Crippen LogP contribution in [0.2, 0.25) is 0 Å². The van der Waals surface area contributed by atoms with Crippen molar-refractivity contribution in [2.45, 2.75) is 38.5 Å². The molecule has 2 rings (SSSR count). The predicted molar refractivity (Wildman–Crippen MR) is 55.8 cm³/mol. The highest BCUT2D eigenvalue weighted by Crippen LogP contribution is 2.43. The first-order valence-electron chi connectivity index (χ1n) is 4.71.